The minimum absolute atomic E-state index is 0.149. The predicted octanol–water partition coefficient (Wildman–Crippen LogP) is 4.54. The highest BCUT2D eigenvalue weighted by Crippen LogP contribution is 2.44. The largest absolute Gasteiger partial charge is 0.355 e. The lowest BCUT2D eigenvalue weighted by Gasteiger charge is -2.40. The molecule has 2 amide bonds. The van der Waals surface area contributed by atoms with Crippen LogP contribution in [0.4, 0.5) is 5.69 Å². The Labute approximate surface area is 164 Å². The lowest BCUT2D eigenvalue weighted by molar-refractivity contribution is -0.130. The Morgan fingerprint density at radius 2 is 1.81 bits per heavy atom. The van der Waals surface area contributed by atoms with E-state index in [-0.39, 0.29) is 11.8 Å². The molecular weight excluding hydrogens is 360 g/mol. The zero-order valence-corrected chi connectivity index (χ0v) is 15.9. The zero-order valence-electron chi connectivity index (χ0n) is 15.1. The first-order chi connectivity index (χ1) is 13.1. The van der Waals surface area contributed by atoms with E-state index in [1.54, 1.807) is 24.3 Å². The van der Waals surface area contributed by atoms with Gasteiger partial charge in [-0.2, -0.15) is 0 Å². The van der Waals surface area contributed by atoms with Crippen LogP contribution < -0.4 is 10.6 Å². The highest BCUT2D eigenvalue weighted by Gasteiger charge is 2.45. The van der Waals surface area contributed by atoms with E-state index in [0.717, 1.165) is 31.4 Å². The highest BCUT2D eigenvalue weighted by atomic mass is 35.5. The molecular formula is C22H23ClN2O2. The van der Waals surface area contributed by atoms with Gasteiger partial charge < -0.3 is 10.6 Å². The molecule has 2 fully saturated rings. The van der Waals surface area contributed by atoms with Gasteiger partial charge in [-0.3, -0.25) is 9.59 Å². The van der Waals surface area contributed by atoms with Crippen molar-refractivity contribution in [1.82, 2.24) is 5.32 Å². The molecule has 2 saturated carbocycles. The average molecular weight is 383 g/mol. The number of anilines is 1. The second-order valence-electron chi connectivity index (χ2n) is 7.63. The van der Waals surface area contributed by atoms with E-state index in [1.807, 2.05) is 24.3 Å². The number of benzene rings is 2. The van der Waals surface area contributed by atoms with Crippen LogP contribution in [0.1, 0.15) is 48.0 Å². The molecule has 5 heteroatoms. The molecule has 4 rings (SSSR count). The Bertz CT molecular complexity index is 855. The quantitative estimate of drug-likeness (QED) is 0.770. The van der Waals surface area contributed by atoms with Gasteiger partial charge in [0, 0.05) is 22.8 Å². The molecule has 0 bridgehead atoms. The third kappa shape index (κ3) is 3.86. The molecule has 4 nitrogen and oxygen atoms in total. The Balaban J connectivity index is 1.44. The average Bonchev–Trinajstić information content (AvgIpc) is 3.45. The molecule has 2 aliphatic carbocycles. The van der Waals surface area contributed by atoms with Crippen LogP contribution in [0.5, 0.6) is 0 Å². The van der Waals surface area contributed by atoms with Gasteiger partial charge >= 0.3 is 0 Å². The van der Waals surface area contributed by atoms with Crippen LogP contribution in [0.3, 0.4) is 0 Å². The Hall–Kier alpha value is -2.33. The number of hydrogen-bond donors (Lipinski definition) is 2. The fraction of sp³-hybridized carbons (Fsp3) is 0.364. The minimum atomic E-state index is -0.398. The van der Waals surface area contributed by atoms with Crippen LogP contribution in [-0.2, 0) is 10.2 Å². The first kappa shape index (κ1) is 18.1. The molecule has 140 valence electrons. The molecule has 0 radical (unpaired) electrons. The summed E-state index contributed by atoms with van der Waals surface area (Å²) in [5.41, 5.74) is 1.85. The van der Waals surface area contributed by atoms with E-state index in [4.69, 9.17) is 11.6 Å². The lowest BCUT2D eigenvalue weighted by Crippen LogP contribution is -2.49. The van der Waals surface area contributed by atoms with Crippen molar-refractivity contribution in [2.24, 2.45) is 5.92 Å². The normalized spacial score (nSPS) is 17.7. The first-order valence-corrected chi connectivity index (χ1v) is 9.90. The SMILES string of the molecule is O=C(Nc1ccc(C2(C(=O)NCC3CC3)CCC2)cc1)c1cccc(Cl)c1. The number of carbonyl (C=O) groups is 2. The van der Waals surface area contributed by atoms with Crippen LogP contribution in [-0.4, -0.2) is 18.4 Å². The van der Waals surface area contributed by atoms with Gasteiger partial charge in [0.05, 0.1) is 5.41 Å². The summed E-state index contributed by atoms with van der Waals surface area (Å²) in [6, 6.07) is 14.5. The monoisotopic (exact) mass is 382 g/mol. The number of nitrogens with one attached hydrogen (secondary N) is 2. The molecule has 2 aromatic carbocycles. The van der Waals surface area contributed by atoms with Gasteiger partial charge in [0.1, 0.15) is 0 Å². The Morgan fingerprint density at radius 3 is 2.41 bits per heavy atom. The number of halogens is 1. The van der Waals surface area contributed by atoms with Crippen LogP contribution in [0, 0.1) is 5.92 Å². The summed E-state index contributed by atoms with van der Waals surface area (Å²) in [6.07, 6.45) is 5.31. The van der Waals surface area contributed by atoms with E-state index in [9.17, 15) is 9.59 Å². The molecule has 27 heavy (non-hydrogen) atoms. The van der Waals surface area contributed by atoms with Gasteiger partial charge in [0.25, 0.3) is 5.91 Å². The second-order valence-corrected chi connectivity index (χ2v) is 8.07. The summed E-state index contributed by atoms with van der Waals surface area (Å²) in [7, 11) is 0. The summed E-state index contributed by atoms with van der Waals surface area (Å²) in [5.74, 6) is 0.623. The molecule has 2 aliphatic rings. The molecule has 0 aromatic heterocycles. The summed E-state index contributed by atoms with van der Waals surface area (Å²) in [6.45, 7) is 0.800. The second kappa shape index (κ2) is 7.35. The van der Waals surface area contributed by atoms with Crippen molar-refractivity contribution >= 4 is 29.1 Å². The summed E-state index contributed by atoms with van der Waals surface area (Å²) >= 11 is 5.95. The van der Waals surface area contributed by atoms with Crippen molar-refractivity contribution in [2.75, 3.05) is 11.9 Å². The van der Waals surface area contributed by atoms with Crippen LogP contribution >= 0.6 is 11.6 Å². The van der Waals surface area contributed by atoms with Gasteiger partial charge in [-0.25, -0.2) is 0 Å². The topological polar surface area (TPSA) is 58.2 Å². The molecule has 2 N–H and O–H groups in total. The van der Waals surface area contributed by atoms with E-state index >= 15 is 0 Å². The van der Waals surface area contributed by atoms with E-state index < -0.39 is 5.41 Å². The van der Waals surface area contributed by atoms with E-state index in [1.165, 1.54) is 12.8 Å². The van der Waals surface area contributed by atoms with Gasteiger partial charge in [-0.1, -0.05) is 36.2 Å². The fourth-order valence-corrected chi connectivity index (χ4v) is 3.80. The van der Waals surface area contributed by atoms with Crippen molar-refractivity contribution in [3.05, 3.63) is 64.7 Å². The number of amides is 2. The maximum atomic E-state index is 12.8. The molecule has 0 unspecified atom stereocenters. The lowest BCUT2D eigenvalue weighted by atomic mass is 9.63. The number of carbonyl (C=O) groups excluding carboxylic acids is 2. The molecule has 0 heterocycles. The highest BCUT2D eigenvalue weighted by molar-refractivity contribution is 6.31. The smallest absolute Gasteiger partial charge is 0.255 e. The molecule has 0 aliphatic heterocycles. The summed E-state index contributed by atoms with van der Waals surface area (Å²) in [5, 5.41) is 6.55. The minimum Gasteiger partial charge on any atom is -0.355 e. The van der Waals surface area contributed by atoms with Crippen LogP contribution in [0.15, 0.2) is 48.5 Å². The van der Waals surface area contributed by atoms with Gasteiger partial charge in [-0.05, 0) is 67.5 Å². The molecule has 0 atom stereocenters. The fourth-order valence-electron chi connectivity index (χ4n) is 3.61. The van der Waals surface area contributed by atoms with Crippen molar-refractivity contribution in [1.29, 1.82) is 0 Å². The third-order valence-electron chi connectivity index (χ3n) is 5.67. The van der Waals surface area contributed by atoms with Gasteiger partial charge in [-0.15, -0.1) is 0 Å². The third-order valence-corrected chi connectivity index (χ3v) is 5.91. The van der Waals surface area contributed by atoms with Crippen LogP contribution in [0.2, 0.25) is 5.02 Å². The Kier molecular flexibility index (Phi) is 4.92. The number of rotatable bonds is 6. The van der Waals surface area contributed by atoms with Crippen molar-refractivity contribution in [2.45, 2.75) is 37.5 Å². The maximum absolute atomic E-state index is 12.8. The van der Waals surface area contributed by atoms with Crippen molar-refractivity contribution in [3.63, 3.8) is 0 Å². The van der Waals surface area contributed by atoms with E-state index in [0.29, 0.717) is 22.2 Å². The summed E-state index contributed by atoms with van der Waals surface area (Å²) < 4.78 is 0. The van der Waals surface area contributed by atoms with Gasteiger partial charge in [0.15, 0.2) is 0 Å². The summed E-state index contributed by atoms with van der Waals surface area (Å²) in [4.78, 5) is 25.1. The van der Waals surface area contributed by atoms with Gasteiger partial charge in [0.2, 0.25) is 5.91 Å². The van der Waals surface area contributed by atoms with Crippen LogP contribution in [0.25, 0.3) is 0 Å². The Morgan fingerprint density at radius 1 is 1.07 bits per heavy atom. The van der Waals surface area contributed by atoms with Crippen molar-refractivity contribution < 1.29 is 9.59 Å². The molecule has 0 saturated heterocycles. The maximum Gasteiger partial charge on any atom is 0.255 e. The number of hydrogen-bond acceptors (Lipinski definition) is 2. The van der Waals surface area contributed by atoms with Crippen molar-refractivity contribution in [3.8, 4) is 0 Å². The standard InChI is InChI=1S/C22H23ClN2O2/c23-18-4-1-3-16(13-18)20(26)25-19-9-7-17(8-10-19)22(11-2-12-22)21(27)24-14-15-5-6-15/h1,3-4,7-10,13,15H,2,5-6,11-12,14H2,(H,24,27)(H,25,26). The molecule has 2 aromatic rings. The first-order valence-electron chi connectivity index (χ1n) is 9.53. The molecule has 0 spiro atoms. The van der Waals surface area contributed by atoms with E-state index in [2.05, 4.69) is 10.6 Å². The predicted molar refractivity (Wildman–Crippen MR) is 107 cm³/mol. The zero-order chi connectivity index (χ0) is 18.9.